The number of anilines is 1. The minimum absolute atomic E-state index is 0.201. The van der Waals surface area contributed by atoms with Crippen LogP contribution >= 0.6 is 19.5 Å². The summed E-state index contributed by atoms with van der Waals surface area (Å²) in [6.45, 7) is 5.25. The van der Waals surface area contributed by atoms with E-state index >= 15 is 0 Å². The number of aliphatic hydroxyl groups is 1. The van der Waals surface area contributed by atoms with Crippen LogP contribution in [0.3, 0.4) is 0 Å². The maximum Gasteiger partial charge on any atom is 0.459 e. The smallest absolute Gasteiger partial charge is 0.459 e. The molecule has 1 saturated heterocycles. The Kier molecular flexibility index (Phi) is 10.7. The van der Waals surface area contributed by atoms with Crippen molar-refractivity contribution >= 4 is 31.4 Å². The van der Waals surface area contributed by atoms with Gasteiger partial charge in [0.25, 0.3) is 0 Å². The normalized spacial score (nSPS) is 23.6. The number of nitrogen functional groups attached to an aromatic ring is 1. The molecule has 1 aromatic carbocycles. The van der Waals surface area contributed by atoms with Crippen LogP contribution in [0.5, 0.6) is 5.75 Å². The van der Waals surface area contributed by atoms with Gasteiger partial charge in [-0.1, -0.05) is 44.9 Å². The summed E-state index contributed by atoms with van der Waals surface area (Å²) in [6.07, 6.45) is -0.708. The van der Waals surface area contributed by atoms with Crippen LogP contribution in [-0.2, 0) is 18.6 Å². The molecule has 15 heteroatoms. The molecule has 3 rings (SSSR count). The van der Waals surface area contributed by atoms with Gasteiger partial charge >= 0.3 is 19.4 Å². The molecule has 2 heterocycles. The molecular weight excluding hydrogens is 540 g/mol. The third-order valence-corrected chi connectivity index (χ3v) is 9.19. The number of nitrogens with zero attached hydrogens (tertiary/aromatic N) is 3. The van der Waals surface area contributed by atoms with E-state index in [4.69, 9.17) is 19.5 Å². The molecule has 1 aliphatic heterocycles. The third-order valence-electron chi connectivity index (χ3n) is 6.01. The average Bonchev–Trinajstić information content (AvgIpc) is 3.17. The number of esters is 1. The Labute approximate surface area is 224 Å². The van der Waals surface area contributed by atoms with Crippen LogP contribution in [0.25, 0.3) is 0 Å². The van der Waals surface area contributed by atoms with E-state index in [1.807, 2.05) is 13.8 Å². The van der Waals surface area contributed by atoms with Gasteiger partial charge in [0.1, 0.15) is 29.6 Å². The van der Waals surface area contributed by atoms with Crippen LogP contribution in [0.4, 0.5) is 10.3 Å². The molecule has 1 aromatic heterocycles. The Bertz CT molecular complexity index is 1170. The quantitative estimate of drug-likeness (QED) is 0.237. The first kappa shape index (κ1) is 30.0. The molecular formula is C23H33FN5O7PS. The number of halogens is 1. The van der Waals surface area contributed by atoms with Crippen LogP contribution in [0.2, 0.25) is 0 Å². The Morgan fingerprint density at radius 3 is 2.63 bits per heavy atom. The lowest BCUT2D eigenvalue weighted by molar-refractivity contribution is -0.146. The van der Waals surface area contributed by atoms with Gasteiger partial charge in [0, 0.05) is 0 Å². The number of ether oxygens (including phenoxy) is 1. The highest BCUT2D eigenvalue weighted by Gasteiger charge is 2.46. The Balaban J connectivity index is 1.71. The zero-order chi connectivity index (χ0) is 27.9. The number of aliphatic hydroxyl groups excluding tert-OH is 1. The largest absolute Gasteiger partial charge is 0.464 e. The number of benzene rings is 1. The van der Waals surface area contributed by atoms with E-state index in [1.165, 1.54) is 6.92 Å². The van der Waals surface area contributed by atoms with Crippen molar-refractivity contribution in [2.45, 2.75) is 62.6 Å². The maximum atomic E-state index is 14.9. The first-order valence-corrected chi connectivity index (χ1v) is 14.7. The van der Waals surface area contributed by atoms with Gasteiger partial charge < -0.3 is 20.1 Å². The van der Waals surface area contributed by atoms with Gasteiger partial charge in [-0.15, -0.1) is 11.8 Å². The fourth-order valence-electron chi connectivity index (χ4n) is 3.62. The molecule has 0 spiro atoms. The molecule has 210 valence electrons. The monoisotopic (exact) mass is 573 g/mol. The Hall–Kier alpha value is -2.51. The standard InChI is InChI=1S/C23H33FN5O7PS/c1-4-15(5-2)11-34-21(31)14(3)28-37(33,36-16-9-7-6-8-10-16)35-12-17-19(30)18(24)20(38-17)29-13-26-22(25)27-23(29)32/h6-10,13-15,17-20,30H,4-5,11-12H2,1-3H3,(H,28,33)(H2,25,27,32)/t14-,17+,18-,19-,20+,37?/m0/s1. The van der Waals surface area contributed by atoms with Gasteiger partial charge in [0.15, 0.2) is 6.17 Å². The molecule has 1 aliphatic rings. The van der Waals surface area contributed by atoms with E-state index < -0.39 is 55.0 Å². The first-order chi connectivity index (χ1) is 18.1. The van der Waals surface area contributed by atoms with Crippen molar-refractivity contribution < 1.29 is 32.6 Å². The Morgan fingerprint density at radius 1 is 1.32 bits per heavy atom. The lowest BCUT2D eigenvalue weighted by atomic mass is 10.1. The summed E-state index contributed by atoms with van der Waals surface area (Å²) >= 11 is 0.885. The number of hydrogen-bond donors (Lipinski definition) is 3. The van der Waals surface area contributed by atoms with Crippen LogP contribution < -0.4 is 21.0 Å². The highest BCUT2D eigenvalue weighted by Crippen LogP contribution is 2.48. The molecule has 0 saturated carbocycles. The second-order valence-electron chi connectivity index (χ2n) is 8.77. The van der Waals surface area contributed by atoms with E-state index in [2.05, 4.69) is 15.1 Å². The fraction of sp³-hybridized carbons (Fsp3) is 0.565. The van der Waals surface area contributed by atoms with Gasteiger partial charge in [0.2, 0.25) is 5.95 Å². The number of para-hydroxylation sites is 1. The van der Waals surface area contributed by atoms with Crippen molar-refractivity contribution in [3.8, 4) is 5.75 Å². The maximum absolute atomic E-state index is 14.9. The van der Waals surface area contributed by atoms with Crippen LogP contribution in [0, 0.1) is 5.92 Å². The molecule has 6 atom stereocenters. The predicted octanol–water partition coefficient (Wildman–Crippen LogP) is 2.69. The minimum atomic E-state index is -4.23. The number of hydrogen-bond acceptors (Lipinski definition) is 11. The molecule has 2 aromatic rings. The van der Waals surface area contributed by atoms with Crippen LogP contribution in [0.1, 0.15) is 39.0 Å². The number of thioether (sulfide) groups is 1. The summed E-state index contributed by atoms with van der Waals surface area (Å²) in [4.78, 5) is 31.9. The van der Waals surface area contributed by atoms with Gasteiger partial charge in [-0.25, -0.2) is 18.7 Å². The van der Waals surface area contributed by atoms with Crippen molar-refractivity contribution in [2.75, 3.05) is 18.9 Å². The number of rotatable bonds is 13. The summed E-state index contributed by atoms with van der Waals surface area (Å²) in [5.74, 6) is -0.495. The van der Waals surface area contributed by atoms with Gasteiger partial charge in [-0.2, -0.15) is 10.1 Å². The molecule has 1 unspecified atom stereocenters. The van der Waals surface area contributed by atoms with E-state index in [9.17, 15) is 23.7 Å². The van der Waals surface area contributed by atoms with E-state index in [-0.39, 0.29) is 24.2 Å². The molecule has 0 radical (unpaired) electrons. The van der Waals surface area contributed by atoms with Gasteiger partial charge in [0.05, 0.1) is 18.5 Å². The van der Waals surface area contributed by atoms with Gasteiger partial charge in [-0.05, 0) is 25.0 Å². The summed E-state index contributed by atoms with van der Waals surface area (Å²) in [5, 5.41) is 11.0. The zero-order valence-electron chi connectivity index (χ0n) is 21.3. The molecule has 1 fully saturated rings. The molecule has 0 amide bonds. The average molecular weight is 574 g/mol. The second kappa shape index (κ2) is 13.5. The number of carbonyl (C=O) groups excluding carboxylic acids is 1. The minimum Gasteiger partial charge on any atom is -0.464 e. The highest BCUT2D eigenvalue weighted by atomic mass is 32.2. The lowest BCUT2D eigenvalue weighted by Gasteiger charge is -2.25. The van der Waals surface area contributed by atoms with Crippen molar-refractivity contribution in [1.82, 2.24) is 19.6 Å². The van der Waals surface area contributed by atoms with Crippen molar-refractivity contribution in [3.63, 3.8) is 0 Å². The summed E-state index contributed by atoms with van der Waals surface area (Å²) < 4.78 is 46.1. The molecule has 0 aliphatic carbocycles. The van der Waals surface area contributed by atoms with Crippen molar-refractivity contribution in [2.24, 2.45) is 5.92 Å². The topological polar surface area (TPSA) is 168 Å². The number of nitrogens with one attached hydrogen (secondary N) is 1. The predicted molar refractivity (Wildman–Crippen MR) is 140 cm³/mol. The number of aromatic nitrogens is 3. The zero-order valence-corrected chi connectivity index (χ0v) is 23.0. The second-order valence-corrected chi connectivity index (χ2v) is 11.8. The van der Waals surface area contributed by atoms with Crippen LogP contribution in [0.15, 0.2) is 41.5 Å². The molecule has 0 bridgehead atoms. The van der Waals surface area contributed by atoms with Crippen molar-refractivity contribution in [1.29, 1.82) is 0 Å². The van der Waals surface area contributed by atoms with E-state index in [1.54, 1.807) is 30.3 Å². The van der Waals surface area contributed by atoms with E-state index in [0.717, 1.165) is 35.5 Å². The highest BCUT2D eigenvalue weighted by molar-refractivity contribution is 8.00. The van der Waals surface area contributed by atoms with Gasteiger partial charge in [-0.3, -0.25) is 13.9 Å². The molecule has 12 nitrogen and oxygen atoms in total. The van der Waals surface area contributed by atoms with Crippen LogP contribution in [-0.4, -0.2) is 62.4 Å². The summed E-state index contributed by atoms with van der Waals surface area (Å²) in [7, 11) is -4.23. The summed E-state index contributed by atoms with van der Waals surface area (Å²) in [6, 6.07) is 7.09. The third kappa shape index (κ3) is 7.76. The molecule has 38 heavy (non-hydrogen) atoms. The Morgan fingerprint density at radius 2 is 2.00 bits per heavy atom. The lowest BCUT2D eigenvalue weighted by Crippen LogP contribution is -2.37. The molecule has 4 N–H and O–H groups in total. The number of nitrogens with two attached hydrogens (primary N) is 1. The number of alkyl halides is 1. The van der Waals surface area contributed by atoms with Crippen molar-refractivity contribution in [3.05, 3.63) is 47.1 Å². The SMILES string of the molecule is CCC(CC)COC(=O)[C@H](C)NP(=O)(OC[C@H]1S[C@@H](n2cnc(N)nc2=O)[C@@H](F)[C@H]1O)Oc1ccccc1. The summed E-state index contributed by atoms with van der Waals surface area (Å²) in [5.41, 5.74) is 4.57. The fourth-order valence-corrected chi connectivity index (χ4v) is 6.64. The van der Waals surface area contributed by atoms with E-state index in [0.29, 0.717) is 0 Å². The number of carbonyl (C=O) groups is 1. The first-order valence-electron chi connectivity index (χ1n) is 12.2.